The standard InChI is InChI=1S/C15H26N4O2/c1-20-10-7-19-6-2-3-13(11-19)15-16-14(17-18-15)12-4-8-21-9-5-12/h12-13H,2-11H2,1H3,(H,16,17,18)/t13-/m1/s1. The van der Waals surface area contributed by atoms with Gasteiger partial charge in [0.05, 0.1) is 6.61 Å². The monoisotopic (exact) mass is 294 g/mol. The van der Waals surface area contributed by atoms with Gasteiger partial charge >= 0.3 is 0 Å². The summed E-state index contributed by atoms with van der Waals surface area (Å²) in [7, 11) is 1.76. The van der Waals surface area contributed by atoms with E-state index < -0.39 is 0 Å². The second-order valence-electron chi connectivity index (χ2n) is 6.10. The van der Waals surface area contributed by atoms with Crippen LogP contribution >= 0.6 is 0 Å². The Labute approximate surface area is 126 Å². The first-order valence-corrected chi connectivity index (χ1v) is 8.08. The molecule has 3 heterocycles. The maximum Gasteiger partial charge on any atom is 0.155 e. The van der Waals surface area contributed by atoms with Crippen LogP contribution in [0.4, 0.5) is 0 Å². The molecule has 0 saturated carbocycles. The molecule has 2 aliphatic rings. The van der Waals surface area contributed by atoms with Crippen LogP contribution < -0.4 is 0 Å². The minimum absolute atomic E-state index is 0.459. The molecule has 0 aromatic carbocycles. The van der Waals surface area contributed by atoms with Gasteiger partial charge < -0.3 is 14.4 Å². The Morgan fingerprint density at radius 1 is 1.29 bits per heavy atom. The fraction of sp³-hybridized carbons (Fsp3) is 0.867. The van der Waals surface area contributed by atoms with E-state index in [0.717, 1.165) is 63.9 Å². The van der Waals surface area contributed by atoms with E-state index in [4.69, 9.17) is 14.5 Å². The Hall–Kier alpha value is -0.980. The molecule has 2 fully saturated rings. The zero-order chi connectivity index (χ0) is 14.5. The molecule has 0 bridgehead atoms. The largest absolute Gasteiger partial charge is 0.383 e. The fourth-order valence-corrected chi connectivity index (χ4v) is 3.31. The van der Waals surface area contributed by atoms with Crippen molar-refractivity contribution in [3.05, 3.63) is 11.6 Å². The molecule has 21 heavy (non-hydrogen) atoms. The number of hydrogen-bond donors (Lipinski definition) is 1. The lowest BCUT2D eigenvalue weighted by Crippen LogP contribution is -2.36. The number of aromatic amines is 1. The number of methoxy groups -OCH3 is 1. The fourth-order valence-electron chi connectivity index (χ4n) is 3.31. The molecule has 0 amide bonds. The zero-order valence-electron chi connectivity index (χ0n) is 12.9. The molecular weight excluding hydrogens is 268 g/mol. The third-order valence-corrected chi connectivity index (χ3v) is 4.61. The van der Waals surface area contributed by atoms with Crippen molar-refractivity contribution in [3.8, 4) is 0 Å². The average molecular weight is 294 g/mol. The molecule has 0 unspecified atom stereocenters. The van der Waals surface area contributed by atoms with Crippen LogP contribution in [0.5, 0.6) is 0 Å². The van der Waals surface area contributed by atoms with Gasteiger partial charge in [-0.15, -0.1) is 0 Å². The summed E-state index contributed by atoms with van der Waals surface area (Å²) >= 11 is 0. The Morgan fingerprint density at radius 3 is 2.95 bits per heavy atom. The van der Waals surface area contributed by atoms with Crippen LogP contribution in [0.25, 0.3) is 0 Å². The number of hydrogen-bond acceptors (Lipinski definition) is 5. The molecule has 2 aliphatic heterocycles. The second-order valence-corrected chi connectivity index (χ2v) is 6.10. The first kappa shape index (κ1) is 14.9. The topological polar surface area (TPSA) is 63.3 Å². The molecule has 1 N–H and O–H groups in total. The Kier molecular flexibility index (Phi) is 5.22. The molecule has 6 heteroatoms. The van der Waals surface area contributed by atoms with Gasteiger partial charge in [-0.3, -0.25) is 5.10 Å². The number of aromatic nitrogens is 3. The highest BCUT2D eigenvalue weighted by Crippen LogP contribution is 2.28. The Morgan fingerprint density at radius 2 is 2.14 bits per heavy atom. The molecule has 0 aliphatic carbocycles. The van der Waals surface area contributed by atoms with Crippen molar-refractivity contribution in [1.82, 2.24) is 20.1 Å². The number of H-pyrrole nitrogens is 1. The minimum Gasteiger partial charge on any atom is -0.383 e. The molecule has 2 saturated heterocycles. The van der Waals surface area contributed by atoms with Gasteiger partial charge in [0, 0.05) is 45.2 Å². The van der Waals surface area contributed by atoms with Gasteiger partial charge in [-0.2, -0.15) is 5.10 Å². The zero-order valence-corrected chi connectivity index (χ0v) is 12.9. The van der Waals surface area contributed by atoms with Gasteiger partial charge in [-0.25, -0.2) is 4.98 Å². The van der Waals surface area contributed by atoms with Crippen LogP contribution in [0.1, 0.15) is 49.2 Å². The highest BCUT2D eigenvalue weighted by Gasteiger charge is 2.26. The molecule has 1 atom stereocenters. The number of ether oxygens (including phenoxy) is 2. The number of nitrogens with one attached hydrogen (secondary N) is 1. The van der Waals surface area contributed by atoms with E-state index in [1.165, 1.54) is 12.8 Å². The smallest absolute Gasteiger partial charge is 0.155 e. The van der Waals surface area contributed by atoms with Crippen molar-refractivity contribution >= 4 is 0 Å². The van der Waals surface area contributed by atoms with Crippen molar-refractivity contribution in [2.45, 2.75) is 37.5 Å². The van der Waals surface area contributed by atoms with Crippen LogP contribution in [0, 0.1) is 0 Å². The summed E-state index contributed by atoms with van der Waals surface area (Å²) in [5.41, 5.74) is 0. The lowest BCUT2D eigenvalue weighted by atomic mass is 9.97. The summed E-state index contributed by atoms with van der Waals surface area (Å²) in [5.74, 6) is 3.01. The molecule has 0 spiro atoms. The third kappa shape index (κ3) is 3.81. The maximum absolute atomic E-state index is 5.42. The molecule has 3 rings (SSSR count). The average Bonchev–Trinajstić information content (AvgIpc) is 3.04. The van der Waals surface area contributed by atoms with Crippen LogP contribution in [-0.2, 0) is 9.47 Å². The number of rotatable bonds is 5. The molecule has 118 valence electrons. The van der Waals surface area contributed by atoms with Gasteiger partial charge in [0.25, 0.3) is 0 Å². The molecule has 1 aromatic heterocycles. The third-order valence-electron chi connectivity index (χ3n) is 4.61. The van der Waals surface area contributed by atoms with E-state index >= 15 is 0 Å². The highest BCUT2D eigenvalue weighted by molar-refractivity contribution is 5.04. The van der Waals surface area contributed by atoms with Gasteiger partial charge in [0.1, 0.15) is 5.82 Å². The Balaban J connectivity index is 1.59. The van der Waals surface area contributed by atoms with E-state index in [9.17, 15) is 0 Å². The van der Waals surface area contributed by atoms with Crippen LogP contribution in [0.2, 0.25) is 0 Å². The van der Waals surface area contributed by atoms with Crippen LogP contribution in [0.3, 0.4) is 0 Å². The lowest BCUT2D eigenvalue weighted by Gasteiger charge is -2.31. The summed E-state index contributed by atoms with van der Waals surface area (Å²) in [6, 6.07) is 0. The first-order valence-electron chi connectivity index (χ1n) is 8.08. The van der Waals surface area contributed by atoms with Crippen LogP contribution in [0.15, 0.2) is 0 Å². The van der Waals surface area contributed by atoms with Gasteiger partial charge in [0.2, 0.25) is 0 Å². The van der Waals surface area contributed by atoms with Crippen molar-refractivity contribution < 1.29 is 9.47 Å². The lowest BCUT2D eigenvalue weighted by molar-refractivity contribution is 0.0836. The number of likely N-dealkylation sites (tertiary alicyclic amines) is 1. The van der Waals surface area contributed by atoms with Crippen molar-refractivity contribution in [1.29, 1.82) is 0 Å². The quantitative estimate of drug-likeness (QED) is 0.892. The van der Waals surface area contributed by atoms with Crippen LogP contribution in [-0.4, -0.2) is 66.6 Å². The number of nitrogens with zero attached hydrogens (tertiary/aromatic N) is 3. The summed E-state index contributed by atoms with van der Waals surface area (Å²) < 4.78 is 10.6. The first-order chi connectivity index (χ1) is 10.4. The van der Waals surface area contributed by atoms with Gasteiger partial charge in [-0.1, -0.05) is 0 Å². The van der Waals surface area contributed by atoms with E-state index in [1.54, 1.807) is 7.11 Å². The summed E-state index contributed by atoms with van der Waals surface area (Å²) in [4.78, 5) is 7.25. The molecular formula is C15H26N4O2. The predicted molar refractivity (Wildman–Crippen MR) is 79.5 cm³/mol. The van der Waals surface area contributed by atoms with Crippen molar-refractivity contribution in [2.75, 3.05) is 46.6 Å². The highest BCUT2D eigenvalue weighted by atomic mass is 16.5. The van der Waals surface area contributed by atoms with E-state index in [2.05, 4.69) is 15.1 Å². The molecule has 1 aromatic rings. The van der Waals surface area contributed by atoms with E-state index in [1.807, 2.05) is 0 Å². The second kappa shape index (κ2) is 7.33. The Bertz CT molecular complexity index is 431. The van der Waals surface area contributed by atoms with Gasteiger partial charge in [-0.05, 0) is 32.2 Å². The normalized spacial score (nSPS) is 25.3. The van der Waals surface area contributed by atoms with Crippen molar-refractivity contribution in [2.24, 2.45) is 0 Å². The van der Waals surface area contributed by atoms with E-state index in [-0.39, 0.29) is 0 Å². The SMILES string of the molecule is COCCN1CCC[C@@H](c2n[nH]c(C3CCOCC3)n2)C1. The van der Waals surface area contributed by atoms with Gasteiger partial charge in [0.15, 0.2) is 5.82 Å². The molecule has 6 nitrogen and oxygen atoms in total. The summed E-state index contributed by atoms with van der Waals surface area (Å²) in [6.07, 6.45) is 4.52. The van der Waals surface area contributed by atoms with Crippen molar-refractivity contribution in [3.63, 3.8) is 0 Å². The number of piperidine rings is 1. The summed E-state index contributed by atoms with van der Waals surface area (Å²) in [6.45, 7) is 5.70. The maximum atomic E-state index is 5.42. The predicted octanol–water partition coefficient (Wildman–Crippen LogP) is 1.52. The summed E-state index contributed by atoms with van der Waals surface area (Å²) in [5, 5.41) is 7.67. The molecule has 0 radical (unpaired) electrons. The van der Waals surface area contributed by atoms with E-state index in [0.29, 0.717) is 11.8 Å². The minimum atomic E-state index is 0.459.